The third-order valence-electron chi connectivity index (χ3n) is 5.52. The number of benzene rings is 1. The molecule has 0 unspecified atom stereocenters. The van der Waals surface area contributed by atoms with Crippen molar-refractivity contribution in [2.24, 2.45) is 4.99 Å². The summed E-state index contributed by atoms with van der Waals surface area (Å²) < 4.78 is 5.02. The van der Waals surface area contributed by atoms with Crippen molar-refractivity contribution < 1.29 is 9.53 Å². The van der Waals surface area contributed by atoms with Crippen molar-refractivity contribution in [3.8, 4) is 0 Å². The summed E-state index contributed by atoms with van der Waals surface area (Å²) in [6, 6.07) is 7.46. The number of hydrogen-bond acceptors (Lipinski definition) is 5. The van der Waals surface area contributed by atoms with Crippen molar-refractivity contribution in [3.63, 3.8) is 0 Å². The van der Waals surface area contributed by atoms with Gasteiger partial charge in [0.25, 0.3) is 0 Å². The maximum atomic E-state index is 11.6. The highest BCUT2D eigenvalue weighted by atomic mass is 32.2. The molecule has 1 aliphatic carbocycles. The maximum Gasteiger partial charge on any atom is 0.305 e. The number of fused-ring (bicyclic) bond motifs is 1. The van der Waals surface area contributed by atoms with Crippen LogP contribution in [0.1, 0.15) is 56.7 Å². The molecule has 2 heterocycles. The van der Waals surface area contributed by atoms with E-state index in [1.807, 2.05) is 6.92 Å². The zero-order chi connectivity index (χ0) is 19.5. The van der Waals surface area contributed by atoms with Gasteiger partial charge in [-0.3, -0.25) is 9.79 Å². The number of hydrogen-bond donors (Lipinski definition) is 2. The first-order valence-electron chi connectivity index (χ1n) is 10.4. The quantitative estimate of drug-likeness (QED) is 0.641. The molecule has 0 saturated heterocycles. The van der Waals surface area contributed by atoms with E-state index in [1.54, 1.807) is 11.8 Å². The molecule has 150 valence electrons. The molecule has 1 fully saturated rings. The number of rotatable bonds is 7. The molecule has 2 aromatic rings. The van der Waals surface area contributed by atoms with Crippen molar-refractivity contribution in [3.05, 3.63) is 29.5 Å². The van der Waals surface area contributed by atoms with Gasteiger partial charge in [0, 0.05) is 23.6 Å². The summed E-state index contributed by atoms with van der Waals surface area (Å²) >= 11 is 1.77. The Labute approximate surface area is 170 Å². The maximum absolute atomic E-state index is 11.6. The Balaban J connectivity index is 1.51. The van der Waals surface area contributed by atoms with Crippen LogP contribution in [-0.4, -0.2) is 40.4 Å². The van der Waals surface area contributed by atoms with Gasteiger partial charge < -0.3 is 15.0 Å². The van der Waals surface area contributed by atoms with Crippen LogP contribution in [0.5, 0.6) is 0 Å². The summed E-state index contributed by atoms with van der Waals surface area (Å²) in [5.74, 6) is 0.802. The van der Waals surface area contributed by atoms with Crippen LogP contribution < -0.4 is 5.32 Å². The highest BCUT2D eigenvalue weighted by Gasteiger charge is 2.23. The number of aromatic amines is 1. The normalized spacial score (nSPS) is 19.9. The number of carbonyl (C=O) groups excluding carboxylic acids is 1. The van der Waals surface area contributed by atoms with Gasteiger partial charge in [-0.2, -0.15) is 0 Å². The molecule has 6 heteroatoms. The molecular weight excluding hydrogens is 370 g/mol. The Bertz CT molecular complexity index is 883. The van der Waals surface area contributed by atoms with Gasteiger partial charge in [0.1, 0.15) is 5.04 Å². The van der Waals surface area contributed by atoms with Crippen LogP contribution in [0.15, 0.2) is 23.2 Å². The van der Waals surface area contributed by atoms with E-state index in [0.29, 0.717) is 19.1 Å². The number of thioether (sulfide) groups is 1. The molecule has 1 aliphatic heterocycles. The molecule has 1 aromatic carbocycles. The number of ether oxygens (including phenoxy) is 1. The standard InChI is InChI=1S/C22H29N3O2S/c1-3-27-20(26)9-8-17-13-28-22(24-17)19-12-15-10-14(2)11-18(21(15)25-19)23-16-6-4-5-7-16/h10-12,16-17,23,25H,3-9,13H2,1-2H3/t17-/m1/s1. The van der Waals surface area contributed by atoms with Crippen LogP contribution in [0, 0.1) is 6.92 Å². The fourth-order valence-electron chi connectivity index (χ4n) is 4.14. The molecule has 4 rings (SSSR count). The molecule has 2 aliphatic rings. The molecule has 1 aromatic heterocycles. The average molecular weight is 400 g/mol. The van der Waals surface area contributed by atoms with Crippen LogP contribution in [-0.2, 0) is 9.53 Å². The first kappa shape index (κ1) is 19.4. The molecule has 1 atom stereocenters. The molecule has 0 radical (unpaired) electrons. The monoisotopic (exact) mass is 399 g/mol. The van der Waals surface area contributed by atoms with Crippen LogP contribution in [0.25, 0.3) is 10.9 Å². The first-order chi connectivity index (χ1) is 13.6. The molecule has 0 bridgehead atoms. The molecule has 1 saturated carbocycles. The fraction of sp³-hybridized carbons (Fsp3) is 0.545. The van der Waals surface area contributed by atoms with E-state index < -0.39 is 0 Å². The topological polar surface area (TPSA) is 66.5 Å². The summed E-state index contributed by atoms with van der Waals surface area (Å²) in [4.78, 5) is 20.1. The van der Waals surface area contributed by atoms with Crippen molar-refractivity contribution in [2.45, 2.75) is 64.5 Å². The minimum Gasteiger partial charge on any atom is -0.466 e. The van der Waals surface area contributed by atoms with Gasteiger partial charge in [0.15, 0.2) is 0 Å². The lowest BCUT2D eigenvalue weighted by Gasteiger charge is -2.15. The van der Waals surface area contributed by atoms with E-state index in [-0.39, 0.29) is 12.0 Å². The van der Waals surface area contributed by atoms with Crippen LogP contribution in [0.2, 0.25) is 0 Å². The van der Waals surface area contributed by atoms with Crippen LogP contribution in [0.3, 0.4) is 0 Å². The highest BCUT2D eigenvalue weighted by Crippen LogP contribution is 2.32. The number of nitrogens with one attached hydrogen (secondary N) is 2. The number of anilines is 1. The molecule has 2 N–H and O–H groups in total. The lowest BCUT2D eigenvalue weighted by molar-refractivity contribution is -0.143. The number of aromatic nitrogens is 1. The second-order valence-electron chi connectivity index (χ2n) is 7.83. The van der Waals surface area contributed by atoms with Gasteiger partial charge in [-0.25, -0.2) is 0 Å². The SMILES string of the molecule is CCOC(=O)CC[C@@H]1CSC(c2cc3cc(C)cc(NC4CCCC4)c3[nH]2)=N1. The zero-order valence-corrected chi connectivity index (χ0v) is 17.5. The van der Waals surface area contributed by atoms with Crippen molar-refractivity contribution >= 4 is 39.4 Å². The number of H-pyrrole nitrogens is 1. The van der Waals surface area contributed by atoms with Gasteiger partial charge in [0.05, 0.1) is 29.5 Å². The fourth-order valence-corrected chi connectivity index (χ4v) is 5.22. The molecule has 28 heavy (non-hydrogen) atoms. The minimum absolute atomic E-state index is 0.125. The van der Waals surface area contributed by atoms with Crippen molar-refractivity contribution in [1.82, 2.24) is 4.98 Å². The van der Waals surface area contributed by atoms with Gasteiger partial charge >= 0.3 is 5.97 Å². The molecular formula is C22H29N3O2S. The Morgan fingerprint density at radius 2 is 2.14 bits per heavy atom. The van der Waals surface area contributed by atoms with Gasteiger partial charge in [-0.05, 0) is 56.9 Å². The number of aliphatic imine (C=N–C) groups is 1. The van der Waals surface area contributed by atoms with E-state index in [9.17, 15) is 4.79 Å². The summed E-state index contributed by atoms with van der Waals surface area (Å²) in [7, 11) is 0. The second kappa shape index (κ2) is 8.60. The first-order valence-corrected chi connectivity index (χ1v) is 11.4. The lowest BCUT2D eigenvalue weighted by Crippen LogP contribution is -2.14. The molecule has 0 amide bonds. The Hall–Kier alpha value is -1.95. The van der Waals surface area contributed by atoms with Crippen LogP contribution >= 0.6 is 11.8 Å². The number of nitrogens with zero attached hydrogens (tertiary/aromatic N) is 1. The van der Waals surface area contributed by atoms with E-state index in [4.69, 9.17) is 9.73 Å². The zero-order valence-electron chi connectivity index (χ0n) is 16.7. The van der Waals surface area contributed by atoms with E-state index >= 15 is 0 Å². The largest absolute Gasteiger partial charge is 0.466 e. The number of esters is 1. The molecule has 5 nitrogen and oxygen atoms in total. The predicted octanol–water partition coefficient (Wildman–Crippen LogP) is 5.04. The summed E-state index contributed by atoms with van der Waals surface area (Å²) in [6.45, 7) is 4.44. The van der Waals surface area contributed by atoms with Gasteiger partial charge in [0.2, 0.25) is 0 Å². The Kier molecular flexibility index (Phi) is 5.95. The van der Waals surface area contributed by atoms with Gasteiger partial charge in [-0.1, -0.05) is 12.8 Å². The number of aryl methyl sites for hydroxylation is 1. The van der Waals surface area contributed by atoms with E-state index in [2.05, 4.69) is 35.4 Å². The summed E-state index contributed by atoms with van der Waals surface area (Å²) in [5, 5.41) is 6.03. The van der Waals surface area contributed by atoms with Crippen molar-refractivity contribution in [1.29, 1.82) is 0 Å². The third-order valence-corrected chi connectivity index (χ3v) is 6.67. The second-order valence-corrected chi connectivity index (χ2v) is 8.84. The van der Waals surface area contributed by atoms with Crippen LogP contribution in [0.4, 0.5) is 5.69 Å². The lowest BCUT2D eigenvalue weighted by atomic mass is 10.1. The summed E-state index contributed by atoms with van der Waals surface area (Å²) in [6.07, 6.45) is 6.36. The van der Waals surface area contributed by atoms with Crippen molar-refractivity contribution in [2.75, 3.05) is 17.7 Å². The Morgan fingerprint density at radius 3 is 2.93 bits per heavy atom. The average Bonchev–Trinajstić information content (AvgIpc) is 3.40. The summed E-state index contributed by atoms with van der Waals surface area (Å²) in [5.41, 5.74) is 4.73. The van der Waals surface area contributed by atoms with E-state index in [1.165, 1.54) is 47.8 Å². The molecule has 0 spiro atoms. The number of carbonyl (C=O) groups is 1. The van der Waals surface area contributed by atoms with E-state index in [0.717, 1.165) is 22.9 Å². The smallest absolute Gasteiger partial charge is 0.305 e. The minimum atomic E-state index is -0.125. The Morgan fingerprint density at radius 1 is 1.32 bits per heavy atom. The third kappa shape index (κ3) is 4.37. The predicted molar refractivity (Wildman–Crippen MR) is 118 cm³/mol. The highest BCUT2D eigenvalue weighted by molar-refractivity contribution is 8.14. The van der Waals surface area contributed by atoms with Gasteiger partial charge in [-0.15, -0.1) is 11.8 Å².